The summed E-state index contributed by atoms with van der Waals surface area (Å²) in [4.78, 5) is 5.66. The lowest BCUT2D eigenvalue weighted by Crippen LogP contribution is -2.33. The van der Waals surface area contributed by atoms with E-state index in [0.29, 0.717) is 58.8 Å². The molecule has 4 aromatic rings. The lowest BCUT2D eigenvalue weighted by atomic mass is 10.3. The zero-order valence-electron chi connectivity index (χ0n) is 19.4. The van der Waals surface area contributed by atoms with Crippen LogP contribution in [0.4, 0.5) is 5.13 Å². The Balaban J connectivity index is 1.75. The molecular formula is C22H24Cl2N3O6S4+. The maximum atomic E-state index is 11.1. The van der Waals surface area contributed by atoms with Gasteiger partial charge < -0.3 is 0 Å². The smallest absolute Gasteiger partial charge is 0.295 e. The summed E-state index contributed by atoms with van der Waals surface area (Å²) in [7, 11) is -8.07. The van der Waals surface area contributed by atoms with Crippen LogP contribution in [0.1, 0.15) is 25.7 Å². The van der Waals surface area contributed by atoms with Crippen LogP contribution >= 0.6 is 45.9 Å². The molecule has 2 aromatic carbocycles. The Kier molecular flexibility index (Phi) is 8.96. The maximum absolute atomic E-state index is 11.1. The first-order valence-corrected chi connectivity index (χ1v) is 16.9. The van der Waals surface area contributed by atoms with Crippen LogP contribution in [0.15, 0.2) is 41.4 Å². The Morgan fingerprint density at radius 1 is 0.838 bits per heavy atom. The summed E-state index contributed by atoms with van der Waals surface area (Å²) in [6.45, 7) is 0.944. The van der Waals surface area contributed by atoms with Crippen LogP contribution in [0.3, 0.4) is 0 Å². The molecule has 0 amide bonds. The van der Waals surface area contributed by atoms with Crippen LogP contribution in [0.2, 0.25) is 10.0 Å². The highest BCUT2D eigenvalue weighted by Crippen LogP contribution is 2.29. The van der Waals surface area contributed by atoms with Gasteiger partial charge in [-0.15, -0.1) is 0 Å². The molecule has 0 fully saturated rings. The van der Waals surface area contributed by atoms with Crippen molar-refractivity contribution in [1.29, 1.82) is 0 Å². The number of unbranched alkanes of at least 4 members (excludes halogenated alkanes) is 2. The standard InChI is InChI=1S/C22H23Cl2N3O6S4/c23-15-5-7-19-17(13-15)26(9-1-3-11-36(28,29)30)21(34-19)25-22-27(10-2-4-12-37(31,32)33)18-14-16(24)6-8-20(18)35-22/h5-8,13-14H,1-4,9-12H2,(H-,28,29,30,31,32,33)/p+1. The van der Waals surface area contributed by atoms with E-state index >= 15 is 0 Å². The number of halogens is 2. The highest BCUT2D eigenvalue weighted by Gasteiger charge is 2.21. The van der Waals surface area contributed by atoms with Crippen molar-refractivity contribution >= 4 is 91.7 Å². The van der Waals surface area contributed by atoms with Gasteiger partial charge >= 0.3 is 9.93 Å². The lowest BCUT2D eigenvalue weighted by Gasteiger charge is -2.04. The molecule has 0 atom stereocenters. The van der Waals surface area contributed by atoms with Crippen molar-refractivity contribution in [3.05, 3.63) is 51.2 Å². The highest BCUT2D eigenvalue weighted by molar-refractivity contribution is 7.86. The number of aryl methyl sites for hydroxylation is 2. The number of thiazole rings is 2. The molecule has 0 aliphatic carbocycles. The third kappa shape index (κ3) is 7.73. The van der Waals surface area contributed by atoms with Crippen molar-refractivity contribution in [3.8, 4) is 0 Å². The van der Waals surface area contributed by atoms with E-state index in [1.165, 1.54) is 22.7 Å². The first-order valence-electron chi connectivity index (χ1n) is 11.3. The summed E-state index contributed by atoms with van der Waals surface area (Å²) < 4.78 is 68.5. The summed E-state index contributed by atoms with van der Waals surface area (Å²) >= 11 is 15.4. The fraction of sp³-hybridized carbons (Fsp3) is 0.364. The molecule has 2 aromatic heterocycles. The Labute approximate surface area is 232 Å². The summed E-state index contributed by atoms with van der Waals surface area (Å²) in [6.07, 6.45) is 1.59. The van der Waals surface area contributed by atoms with Crippen molar-refractivity contribution < 1.29 is 30.5 Å². The van der Waals surface area contributed by atoms with E-state index in [0.717, 1.165) is 20.4 Å². The van der Waals surface area contributed by atoms with Gasteiger partial charge in [0.15, 0.2) is 0 Å². The highest BCUT2D eigenvalue weighted by atomic mass is 35.5. The second-order valence-corrected chi connectivity index (χ2v) is 14.4. The van der Waals surface area contributed by atoms with Crippen LogP contribution in [0.5, 0.6) is 0 Å². The van der Waals surface area contributed by atoms with Gasteiger partial charge in [-0.1, -0.05) is 34.5 Å². The Morgan fingerprint density at radius 3 is 2.14 bits per heavy atom. The van der Waals surface area contributed by atoms with E-state index in [1.54, 1.807) is 12.1 Å². The van der Waals surface area contributed by atoms with E-state index in [-0.39, 0.29) is 11.5 Å². The summed E-state index contributed by atoms with van der Waals surface area (Å²) in [5.74, 6) is -0.632. The number of benzene rings is 2. The van der Waals surface area contributed by atoms with Gasteiger partial charge in [-0.25, -0.2) is 4.57 Å². The van der Waals surface area contributed by atoms with Crippen LogP contribution in [0, 0.1) is 0 Å². The van der Waals surface area contributed by atoms with Gasteiger partial charge in [0.2, 0.25) is 0 Å². The largest absolute Gasteiger partial charge is 0.386 e. The van der Waals surface area contributed by atoms with Crippen molar-refractivity contribution in [2.45, 2.75) is 38.8 Å². The average molecular weight is 626 g/mol. The monoisotopic (exact) mass is 624 g/mol. The fourth-order valence-corrected chi connectivity index (χ4v) is 7.48. The van der Waals surface area contributed by atoms with Gasteiger partial charge in [0, 0.05) is 27.6 Å². The van der Waals surface area contributed by atoms with E-state index in [2.05, 4.69) is 0 Å². The molecule has 37 heavy (non-hydrogen) atoms. The zero-order chi connectivity index (χ0) is 26.8. The SMILES string of the molecule is O=S(=O)(O)CCCCn1/c(=N/c2sc3ccc(Cl)cc3[n+]2CCCCS(=O)(=O)O)sc2ccc(Cl)cc21. The van der Waals surface area contributed by atoms with Crippen molar-refractivity contribution in [3.63, 3.8) is 0 Å². The number of rotatable bonds is 11. The minimum atomic E-state index is -4.03. The number of hydrogen-bond acceptors (Lipinski definition) is 7. The molecule has 2 heterocycles. The molecule has 0 radical (unpaired) electrons. The second-order valence-electron chi connectivity index (χ2n) is 8.39. The van der Waals surface area contributed by atoms with E-state index in [4.69, 9.17) is 37.3 Å². The molecule has 0 saturated heterocycles. The molecule has 0 aliphatic heterocycles. The fourth-order valence-electron chi connectivity index (χ4n) is 3.88. The van der Waals surface area contributed by atoms with Crippen molar-refractivity contribution in [2.75, 3.05) is 11.5 Å². The number of fused-ring (bicyclic) bond motifs is 2. The molecule has 15 heteroatoms. The first kappa shape index (κ1) is 28.4. The van der Waals surface area contributed by atoms with E-state index in [9.17, 15) is 16.8 Å². The molecule has 0 bridgehead atoms. The minimum Gasteiger partial charge on any atom is -0.295 e. The van der Waals surface area contributed by atoms with E-state index in [1.807, 2.05) is 33.4 Å². The lowest BCUT2D eigenvalue weighted by molar-refractivity contribution is -0.655. The third-order valence-corrected chi connectivity index (χ3v) is 9.75. The molecule has 0 aliphatic rings. The molecular weight excluding hydrogens is 601 g/mol. The number of aromatic nitrogens is 2. The first-order chi connectivity index (χ1) is 17.4. The number of hydrogen-bond donors (Lipinski definition) is 2. The molecule has 2 N–H and O–H groups in total. The van der Waals surface area contributed by atoms with Crippen LogP contribution in [-0.4, -0.2) is 42.0 Å². The molecule has 4 rings (SSSR count). The Bertz CT molecular complexity index is 1730. The predicted octanol–water partition coefficient (Wildman–Crippen LogP) is 5.08. The summed E-state index contributed by atoms with van der Waals surface area (Å²) in [5.41, 5.74) is 1.74. The molecule has 0 spiro atoms. The molecule has 0 saturated carbocycles. The summed E-state index contributed by atoms with van der Waals surface area (Å²) in [5, 5.41) is 1.82. The Hall–Kier alpha value is -1.58. The van der Waals surface area contributed by atoms with Gasteiger partial charge in [0.1, 0.15) is 5.52 Å². The quantitative estimate of drug-likeness (QED) is 0.136. The average Bonchev–Trinajstić information content (AvgIpc) is 3.30. The molecule has 9 nitrogen and oxygen atoms in total. The normalized spacial score (nSPS) is 13.2. The van der Waals surface area contributed by atoms with Crippen molar-refractivity contribution in [1.82, 2.24) is 4.57 Å². The van der Waals surface area contributed by atoms with Crippen molar-refractivity contribution in [2.24, 2.45) is 4.99 Å². The molecule has 0 unspecified atom stereocenters. The molecule has 200 valence electrons. The van der Waals surface area contributed by atoms with Crippen LogP contribution < -0.4 is 9.37 Å². The van der Waals surface area contributed by atoms with Gasteiger partial charge in [-0.2, -0.15) is 16.8 Å². The van der Waals surface area contributed by atoms with Gasteiger partial charge in [0.25, 0.3) is 20.2 Å². The maximum Gasteiger partial charge on any atom is 0.386 e. The Morgan fingerprint density at radius 2 is 1.46 bits per heavy atom. The topological polar surface area (TPSA) is 130 Å². The van der Waals surface area contributed by atoms with Gasteiger partial charge in [0.05, 0.1) is 33.0 Å². The van der Waals surface area contributed by atoms with E-state index < -0.39 is 20.2 Å². The second kappa shape index (κ2) is 11.7. The number of nitrogens with zero attached hydrogens (tertiary/aromatic N) is 3. The van der Waals surface area contributed by atoms with Crippen LogP contribution in [-0.2, 0) is 33.3 Å². The zero-order valence-corrected chi connectivity index (χ0v) is 24.2. The summed E-state index contributed by atoms with van der Waals surface area (Å²) in [6, 6.07) is 11.1. The van der Waals surface area contributed by atoms with Gasteiger partial charge in [-0.05, 0) is 67.4 Å². The third-order valence-electron chi connectivity index (χ3n) is 5.55. The van der Waals surface area contributed by atoms with Gasteiger partial charge in [-0.3, -0.25) is 13.7 Å². The predicted molar refractivity (Wildman–Crippen MR) is 148 cm³/mol. The minimum absolute atomic E-state index is 0.290. The van der Waals surface area contributed by atoms with Crippen LogP contribution in [0.25, 0.3) is 20.4 Å².